The SMILES string of the molecule is CC(=O)Nc1ccc(-c2cc(C)cc(C(=O)Nc3nnn[nH]3)n2)cc1.[Na]. The molecule has 127 valence electrons. The maximum absolute atomic E-state index is 12.3. The molecule has 10 heteroatoms. The number of aromatic amines is 1. The molecule has 1 radical (unpaired) electrons. The summed E-state index contributed by atoms with van der Waals surface area (Å²) in [6.45, 7) is 3.33. The number of carbonyl (C=O) groups excluding carboxylic acids is 2. The number of benzene rings is 1. The number of carbonyl (C=O) groups is 2. The van der Waals surface area contributed by atoms with Crippen LogP contribution in [0.2, 0.25) is 0 Å². The van der Waals surface area contributed by atoms with Crippen LogP contribution in [0.25, 0.3) is 11.3 Å². The Morgan fingerprint density at radius 3 is 2.42 bits per heavy atom. The fourth-order valence-electron chi connectivity index (χ4n) is 2.24. The fraction of sp³-hybridized carbons (Fsp3) is 0.125. The first-order valence-electron chi connectivity index (χ1n) is 7.43. The van der Waals surface area contributed by atoms with E-state index in [0.29, 0.717) is 11.4 Å². The predicted molar refractivity (Wildman–Crippen MR) is 96.6 cm³/mol. The summed E-state index contributed by atoms with van der Waals surface area (Å²) in [5, 5.41) is 18.1. The maximum Gasteiger partial charge on any atom is 0.276 e. The Bertz CT molecular complexity index is 911. The van der Waals surface area contributed by atoms with Gasteiger partial charge in [-0.15, -0.1) is 0 Å². The van der Waals surface area contributed by atoms with Crippen molar-refractivity contribution in [2.24, 2.45) is 0 Å². The number of nitrogens with one attached hydrogen (secondary N) is 3. The van der Waals surface area contributed by atoms with Crippen LogP contribution in [0, 0.1) is 6.92 Å². The maximum atomic E-state index is 12.3. The summed E-state index contributed by atoms with van der Waals surface area (Å²) in [5.74, 6) is -0.407. The zero-order valence-electron chi connectivity index (χ0n) is 14.6. The van der Waals surface area contributed by atoms with E-state index in [4.69, 9.17) is 0 Å². The first kappa shape index (κ1) is 19.7. The molecule has 0 fully saturated rings. The Morgan fingerprint density at radius 2 is 1.81 bits per heavy atom. The van der Waals surface area contributed by atoms with Gasteiger partial charge in [0.2, 0.25) is 11.9 Å². The summed E-state index contributed by atoms with van der Waals surface area (Å²) in [6.07, 6.45) is 0. The second-order valence-corrected chi connectivity index (χ2v) is 5.38. The van der Waals surface area contributed by atoms with E-state index in [9.17, 15) is 9.59 Å². The normalized spacial score (nSPS) is 9.92. The van der Waals surface area contributed by atoms with E-state index in [1.807, 2.05) is 25.1 Å². The average molecular weight is 360 g/mol. The molecule has 9 nitrogen and oxygen atoms in total. The monoisotopic (exact) mass is 360 g/mol. The topological polar surface area (TPSA) is 126 Å². The van der Waals surface area contributed by atoms with E-state index < -0.39 is 5.91 Å². The minimum atomic E-state index is -0.418. The summed E-state index contributed by atoms with van der Waals surface area (Å²) < 4.78 is 0. The zero-order valence-corrected chi connectivity index (χ0v) is 16.6. The molecule has 2 amide bonds. The molecule has 3 N–H and O–H groups in total. The molecule has 0 bridgehead atoms. The van der Waals surface area contributed by atoms with Crippen LogP contribution < -0.4 is 10.6 Å². The molecule has 0 spiro atoms. The van der Waals surface area contributed by atoms with E-state index in [2.05, 4.69) is 36.2 Å². The van der Waals surface area contributed by atoms with Crippen molar-refractivity contribution in [1.29, 1.82) is 0 Å². The molecule has 0 atom stereocenters. The number of anilines is 2. The number of pyridine rings is 1. The van der Waals surface area contributed by atoms with Gasteiger partial charge in [-0.3, -0.25) is 14.9 Å². The second-order valence-electron chi connectivity index (χ2n) is 5.38. The van der Waals surface area contributed by atoms with Crippen molar-refractivity contribution in [3.63, 3.8) is 0 Å². The van der Waals surface area contributed by atoms with Gasteiger partial charge in [0, 0.05) is 47.7 Å². The number of hydrogen-bond acceptors (Lipinski definition) is 6. The summed E-state index contributed by atoms with van der Waals surface area (Å²) in [6, 6.07) is 10.8. The van der Waals surface area contributed by atoms with Crippen molar-refractivity contribution in [2.75, 3.05) is 10.6 Å². The van der Waals surface area contributed by atoms with Crippen LogP contribution in [0.5, 0.6) is 0 Å². The Labute approximate surface area is 171 Å². The molecular weight excluding hydrogens is 345 g/mol. The van der Waals surface area contributed by atoms with Crippen molar-refractivity contribution in [2.45, 2.75) is 13.8 Å². The van der Waals surface area contributed by atoms with Crippen LogP contribution in [-0.2, 0) is 4.79 Å². The van der Waals surface area contributed by atoms with E-state index in [-0.39, 0.29) is 47.1 Å². The zero-order chi connectivity index (χ0) is 17.8. The van der Waals surface area contributed by atoms with E-state index >= 15 is 0 Å². The quantitative estimate of drug-likeness (QED) is 0.604. The molecule has 2 heterocycles. The predicted octanol–water partition coefficient (Wildman–Crippen LogP) is 1.40. The van der Waals surface area contributed by atoms with Crippen molar-refractivity contribution < 1.29 is 9.59 Å². The Morgan fingerprint density at radius 1 is 1.08 bits per heavy atom. The number of rotatable bonds is 4. The Balaban J connectivity index is 0.00000243. The largest absolute Gasteiger partial charge is 0.326 e. The van der Waals surface area contributed by atoms with Crippen molar-refractivity contribution in [1.82, 2.24) is 25.6 Å². The number of nitrogens with zero attached hydrogens (tertiary/aromatic N) is 4. The third kappa shape index (κ3) is 4.94. The summed E-state index contributed by atoms with van der Waals surface area (Å²) in [5.41, 5.74) is 3.30. The summed E-state index contributed by atoms with van der Waals surface area (Å²) in [4.78, 5) is 27.8. The molecule has 0 saturated heterocycles. The molecule has 3 rings (SSSR count). The molecule has 0 aliphatic heterocycles. The summed E-state index contributed by atoms with van der Waals surface area (Å²) in [7, 11) is 0. The third-order valence-electron chi connectivity index (χ3n) is 3.28. The van der Waals surface area contributed by atoms with Crippen molar-refractivity contribution in [3.05, 3.63) is 47.7 Å². The molecule has 26 heavy (non-hydrogen) atoms. The standard InChI is InChI=1S/C16H15N7O2.Na/c1-9-7-13(11-3-5-12(6-4-11)17-10(2)24)18-14(8-9)15(25)19-16-20-22-23-21-16;/h3-8H,1-2H3,(H,17,24)(H2,19,20,21,22,23,25);. The summed E-state index contributed by atoms with van der Waals surface area (Å²) >= 11 is 0. The van der Waals surface area contributed by atoms with Gasteiger partial charge in [-0.25, -0.2) is 10.1 Å². The minimum absolute atomic E-state index is 0. The number of hydrogen-bond donors (Lipinski definition) is 3. The number of tetrazole rings is 1. The molecular formula is C16H15N7NaO2. The molecule has 1 aromatic carbocycles. The van der Waals surface area contributed by atoms with Gasteiger partial charge in [0.25, 0.3) is 5.91 Å². The fourth-order valence-corrected chi connectivity index (χ4v) is 2.24. The smallest absolute Gasteiger partial charge is 0.276 e. The first-order valence-corrected chi connectivity index (χ1v) is 7.43. The van der Waals surface area contributed by atoms with Crippen LogP contribution in [0.4, 0.5) is 11.6 Å². The first-order chi connectivity index (χ1) is 12.0. The molecule has 3 aromatic rings. The van der Waals surface area contributed by atoms with Gasteiger partial charge in [-0.1, -0.05) is 17.2 Å². The van der Waals surface area contributed by atoms with Crippen molar-refractivity contribution >= 4 is 53.0 Å². The van der Waals surface area contributed by atoms with Crippen LogP contribution in [0.1, 0.15) is 23.0 Å². The number of aryl methyl sites for hydroxylation is 1. The van der Waals surface area contributed by atoms with E-state index in [1.54, 1.807) is 18.2 Å². The van der Waals surface area contributed by atoms with Crippen LogP contribution in [0.15, 0.2) is 36.4 Å². The minimum Gasteiger partial charge on any atom is -0.326 e. The van der Waals surface area contributed by atoms with E-state index in [0.717, 1.165) is 11.1 Å². The second kappa shape index (κ2) is 8.65. The molecule has 0 aliphatic rings. The number of aromatic nitrogens is 5. The number of H-pyrrole nitrogens is 1. The van der Waals surface area contributed by atoms with Gasteiger partial charge in [0.1, 0.15) is 5.69 Å². The van der Waals surface area contributed by atoms with Crippen LogP contribution >= 0.6 is 0 Å². The van der Waals surface area contributed by atoms with Gasteiger partial charge in [-0.2, -0.15) is 0 Å². The van der Waals surface area contributed by atoms with Gasteiger partial charge >= 0.3 is 0 Å². The van der Waals surface area contributed by atoms with Gasteiger partial charge < -0.3 is 5.32 Å². The van der Waals surface area contributed by atoms with Crippen molar-refractivity contribution in [3.8, 4) is 11.3 Å². The molecule has 0 aliphatic carbocycles. The molecule has 2 aromatic heterocycles. The molecule has 0 saturated carbocycles. The Hall–Kier alpha value is -2.62. The molecule has 0 unspecified atom stereocenters. The van der Waals surface area contributed by atoms with Gasteiger partial charge in [0.05, 0.1) is 5.69 Å². The Kier molecular flexibility index (Phi) is 6.56. The average Bonchev–Trinajstić information content (AvgIpc) is 3.07. The van der Waals surface area contributed by atoms with Crippen LogP contribution in [0.3, 0.4) is 0 Å². The van der Waals surface area contributed by atoms with Gasteiger partial charge in [0.15, 0.2) is 0 Å². The van der Waals surface area contributed by atoms with Crippen LogP contribution in [-0.4, -0.2) is 67.0 Å². The number of amides is 2. The van der Waals surface area contributed by atoms with Gasteiger partial charge in [-0.05, 0) is 47.2 Å². The third-order valence-corrected chi connectivity index (χ3v) is 3.28. The van der Waals surface area contributed by atoms with E-state index in [1.165, 1.54) is 6.92 Å².